The smallest absolute Gasteiger partial charge is 0.123 e. The Hall–Kier alpha value is -0.990. The molecule has 0 unspecified atom stereocenters. The molecule has 0 N–H and O–H groups in total. The van der Waals surface area contributed by atoms with E-state index in [1.54, 1.807) is 0 Å². The van der Waals surface area contributed by atoms with E-state index in [4.69, 9.17) is 16.3 Å². The first kappa shape index (κ1) is 16.4. The molecule has 2 aromatic carbocycles. The number of ether oxygens (including phenoxy) is 1. The fourth-order valence-corrected chi connectivity index (χ4v) is 2.69. The molecule has 0 spiro atoms. The molecule has 0 saturated carbocycles. The van der Waals surface area contributed by atoms with Crippen LogP contribution in [0.3, 0.4) is 0 Å². The molecule has 0 heterocycles. The fraction of sp³-hybridized carbons (Fsp3) is 0.333. The number of halogens is 2. The van der Waals surface area contributed by atoms with Gasteiger partial charge in [0, 0.05) is 15.9 Å². The van der Waals surface area contributed by atoms with Crippen molar-refractivity contribution in [1.82, 2.24) is 0 Å². The third-order valence-electron chi connectivity index (χ3n) is 3.38. The normalized spacial score (nSPS) is 11.5. The first-order chi connectivity index (χ1) is 9.90. The lowest BCUT2D eigenvalue weighted by Gasteiger charge is -2.19. The maximum absolute atomic E-state index is 6.00. The fourth-order valence-electron chi connectivity index (χ4n) is 2.06. The highest BCUT2D eigenvalue weighted by Crippen LogP contribution is 2.26. The maximum Gasteiger partial charge on any atom is 0.123 e. The largest absolute Gasteiger partial charge is 0.489 e. The third kappa shape index (κ3) is 4.49. The number of hydrogen-bond acceptors (Lipinski definition) is 1. The molecular weight excluding hydrogens is 348 g/mol. The van der Waals surface area contributed by atoms with E-state index in [1.165, 1.54) is 11.1 Å². The van der Waals surface area contributed by atoms with Gasteiger partial charge in [-0.05, 0) is 34.7 Å². The van der Waals surface area contributed by atoms with Crippen LogP contribution in [-0.4, -0.2) is 0 Å². The standard InChI is InChI=1S/C18H20BrClO/c1-18(2,3)15-6-4-13(5-7-15)12-21-17-9-8-16(20)10-14(17)11-19/h4-10H,11-12H2,1-3H3. The number of hydrogen-bond donors (Lipinski definition) is 0. The second-order valence-electron chi connectivity index (χ2n) is 6.12. The molecule has 2 aromatic rings. The number of rotatable bonds is 4. The molecule has 0 fully saturated rings. The Morgan fingerprint density at radius 1 is 1.05 bits per heavy atom. The molecule has 1 nitrogen and oxygen atoms in total. The Labute approximate surface area is 140 Å². The van der Waals surface area contributed by atoms with Crippen molar-refractivity contribution in [3.05, 3.63) is 64.2 Å². The molecule has 3 heteroatoms. The summed E-state index contributed by atoms with van der Waals surface area (Å²) >= 11 is 9.46. The molecule has 2 rings (SSSR count). The molecule has 0 atom stereocenters. The summed E-state index contributed by atoms with van der Waals surface area (Å²) in [4.78, 5) is 0. The van der Waals surface area contributed by atoms with Crippen molar-refractivity contribution in [3.8, 4) is 5.75 Å². The zero-order valence-electron chi connectivity index (χ0n) is 12.6. The van der Waals surface area contributed by atoms with E-state index in [0.29, 0.717) is 6.61 Å². The van der Waals surface area contributed by atoms with Gasteiger partial charge in [0.25, 0.3) is 0 Å². The summed E-state index contributed by atoms with van der Waals surface area (Å²) in [6.07, 6.45) is 0. The van der Waals surface area contributed by atoms with Crippen molar-refractivity contribution in [1.29, 1.82) is 0 Å². The van der Waals surface area contributed by atoms with Crippen LogP contribution in [0.2, 0.25) is 5.02 Å². The van der Waals surface area contributed by atoms with Gasteiger partial charge in [-0.15, -0.1) is 0 Å². The highest BCUT2D eigenvalue weighted by atomic mass is 79.9. The van der Waals surface area contributed by atoms with Crippen molar-refractivity contribution in [2.45, 2.75) is 38.1 Å². The van der Waals surface area contributed by atoms with Crippen LogP contribution in [0, 0.1) is 0 Å². The minimum Gasteiger partial charge on any atom is -0.489 e. The molecule has 0 aliphatic heterocycles. The van der Waals surface area contributed by atoms with Crippen LogP contribution in [0.25, 0.3) is 0 Å². The lowest BCUT2D eigenvalue weighted by molar-refractivity contribution is 0.304. The van der Waals surface area contributed by atoms with E-state index >= 15 is 0 Å². The first-order valence-corrected chi connectivity index (χ1v) is 8.46. The van der Waals surface area contributed by atoms with Gasteiger partial charge in [0.2, 0.25) is 0 Å². The lowest BCUT2D eigenvalue weighted by atomic mass is 9.87. The Morgan fingerprint density at radius 3 is 2.29 bits per heavy atom. The van der Waals surface area contributed by atoms with Gasteiger partial charge in [-0.25, -0.2) is 0 Å². The Morgan fingerprint density at radius 2 is 1.71 bits per heavy atom. The molecule has 0 bridgehead atoms. The Bertz CT molecular complexity index is 600. The van der Waals surface area contributed by atoms with Crippen molar-refractivity contribution in [2.75, 3.05) is 0 Å². The highest BCUT2D eigenvalue weighted by molar-refractivity contribution is 9.08. The summed E-state index contributed by atoms with van der Waals surface area (Å²) in [5.74, 6) is 0.871. The van der Waals surface area contributed by atoms with Gasteiger partial charge in [-0.2, -0.15) is 0 Å². The third-order valence-corrected chi connectivity index (χ3v) is 4.22. The maximum atomic E-state index is 6.00. The van der Waals surface area contributed by atoms with E-state index < -0.39 is 0 Å². The van der Waals surface area contributed by atoms with E-state index in [-0.39, 0.29) is 5.41 Å². The average Bonchev–Trinajstić information content (AvgIpc) is 2.45. The van der Waals surface area contributed by atoms with Gasteiger partial charge in [-0.3, -0.25) is 0 Å². The molecule has 0 amide bonds. The van der Waals surface area contributed by atoms with Crippen molar-refractivity contribution in [3.63, 3.8) is 0 Å². The van der Waals surface area contributed by atoms with Gasteiger partial charge in [0.05, 0.1) is 0 Å². The molecule has 0 aliphatic rings. The van der Waals surface area contributed by atoms with Crippen LogP contribution in [-0.2, 0) is 17.4 Å². The predicted molar refractivity (Wildman–Crippen MR) is 93.6 cm³/mol. The van der Waals surface area contributed by atoms with Gasteiger partial charge < -0.3 is 4.74 Å². The second kappa shape index (κ2) is 6.85. The van der Waals surface area contributed by atoms with E-state index in [1.807, 2.05) is 18.2 Å². The number of benzene rings is 2. The highest BCUT2D eigenvalue weighted by Gasteiger charge is 2.13. The molecule has 112 valence electrons. The lowest BCUT2D eigenvalue weighted by Crippen LogP contribution is -2.10. The van der Waals surface area contributed by atoms with Gasteiger partial charge in [0.15, 0.2) is 0 Å². The summed E-state index contributed by atoms with van der Waals surface area (Å²) in [6.45, 7) is 7.21. The summed E-state index contributed by atoms with van der Waals surface area (Å²) < 4.78 is 5.91. The summed E-state index contributed by atoms with van der Waals surface area (Å²) in [6, 6.07) is 14.3. The van der Waals surface area contributed by atoms with Gasteiger partial charge in [-0.1, -0.05) is 72.6 Å². The second-order valence-corrected chi connectivity index (χ2v) is 7.12. The van der Waals surface area contributed by atoms with Crippen LogP contribution in [0.4, 0.5) is 0 Å². The Kier molecular flexibility index (Phi) is 5.34. The average molecular weight is 368 g/mol. The van der Waals surface area contributed by atoms with Gasteiger partial charge in [0.1, 0.15) is 12.4 Å². The monoisotopic (exact) mass is 366 g/mol. The molecule has 0 aromatic heterocycles. The van der Waals surface area contributed by atoms with E-state index in [0.717, 1.165) is 21.7 Å². The quantitative estimate of drug-likeness (QED) is 0.592. The van der Waals surface area contributed by atoms with Crippen LogP contribution < -0.4 is 4.74 Å². The summed E-state index contributed by atoms with van der Waals surface area (Å²) in [5.41, 5.74) is 3.74. The number of alkyl halides is 1. The molecule has 0 aliphatic carbocycles. The van der Waals surface area contributed by atoms with Crippen LogP contribution >= 0.6 is 27.5 Å². The van der Waals surface area contributed by atoms with Crippen molar-refractivity contribution in [2.24, 2.45) is 0 Å². The van der Waals surface area contributed by atoms with Gasteiger partial charge >= 0.3 is 0 Å². The van der Waals surface area contributed by atoms with E-state index in [2.05, 4.69) is 61.0 Å². The minimum atomic E-state index is 0.179. The van der Waals surface area contributed by atoms with Crippen molar-refractivity contribution < 1.29 is 4.74 Å². The Balaban J connectivity index is 2.07. The molecular formula is C18H20BrClO. The molecule has 21 heavy (non-hydrogen) atoms. The molecule has 0 saturated heterocycles. The SMILES string of the molecule is CC(C)(C)c1ccc(COc2ccc(Cl)cc2CBr)cc1. The zero-order chi connectivity index (χ0) is 15.5. The van der Waals surface area contributed by atoms with Crippen LogP contribution in [0.5, 0.6) is 5.75 Å². The zero-order valence-corrected chi connectivity index (χ0v) is 15.0. The molecule has 0 radical (unpaired) electrons. The summed E-state index contributed by atoms with van der Waals surface area (Å²) in [5, 5.41) is 1.46. The topological polar surface area (TPSA) is 9.23 Å². The van der Waals surface area contributed by atoms with Crippen LogP contribution in [0.1, 0.15) is 37.5 Å². The van der Waals surface area contributed by atoms with Crippen molar-refractivity contribution >= 4 is 27.5 Å². The predicted octanol–water partition coefficient (Wildman–Crippen LogP) is 6.11. The van der Waals surface area contributed by atoms with E-state index in [9.17, 15) is 0 Å². The summed E-state index contributed by atoms with van der Waals surface area (Å²) in [7, 11) is 0. The minimum absolute atomic E-state index is 0.179. The first-order valence-electron chi connectivity index (χ1n) is 6.97. The van der Waals surface area contributed by atoms with Crippen LogP contribution in [0.15, 0.2) is 42.5 Å².